The van der Waals surface area contributed by atoms with E-state index in [0.29, 0.717) is 12.3 Å². The average Bonchev–Trinajstić information content (AvgIpc) is 2.63. The summed E-state index contributed by atoms with van der Waals surface area (Å²) >= 11 is 7.33. The van der Waals surface area contributed by atoms with Gasteiger partial charge in [-0.3, -0.25) is 4.79 Å². The van der Waals surface area contributed by atoms with Crippen LogP contribution in [0.1, 0.15) is 30.1 Å². The number of carbonyl (C=O) groups is 2. The summed E-state index contributed by atoms with van der Waals surface area (Å²) in [5.74, 6) is -0.921. The summed E-state index contributed by atoms with van der Waals surface area (Å²) in [7, 11) is 0. The smallest absolute Gasteiger partial charge is 0.339 e. The number of halogens is 2. The van der Waals surface area contributed by atoms with Gasteiger partial charge in [0.1, 0.15) is 5.82 Å². The van der Waals surface area contributed by atoms with Gasteiger partial charge in [0, 0.05) is 10.6 Å². The standard InChI is InChI=1S/C19H19ClFNO3S/c1-2-3-10-25-19(24)16-11-14(6-9-17(16)20)22-18(23)12-26-15-7-4-13(21)5-8-15/h4-9,11H,2-3,10,12H2,1H3,(H,22,23). The number of rotatable bonds is 8. The number of esters is 1. The fourth-order valence-corrected chi connectivity index (χ4v) is 2.92. The maximum absolute atomic E-state index is 12.9. The van der Waals surface area contributed by atoms with E-state index in [1.54, 1.807) is 24.3 Å². The van der Waals surface area contributed by atoms with Crippen molar-refractivity contribution in [2.24, 2.45) is 0 Å². The molecule has 0 heterocycles. The predicted molar refractivity (Wildman–Crippen MR) is 102 cm³/mol. The lowest BCUT2D eigenvalue weighted by Crippen LogP contribution is -2.15. The van der Waals surface area contributed by atoms with Crippen molar-refractivity contribution >= 4 is 40.9 Å². The van der Waals surface area contributed by atoms with Crippen LogP contribution in [0.4, 0.5) is 10.1 Å². The summed E-state index contributed by atoms with van der Waals surface area (Å²) in [4.78, 5) is 24.9. The molecule has 0 saturated carbocycles. The quantitative estimate of drug-likeness (QED) is 0.380. The molecule has 0 atom stereocenters. The molecule has 4 nitrogen and oxygen atoms in total. The Hall–Kier alpha value is -2.05. The first-order valence-electron chi connectivity index (χ1n) is 8.14. The minimum Gasteiger partial charge on any atom is -0.462 e. The molecular formula is C19H19ClFNO3S. The van der Waals surface area contributed by atoms with Crippen LogP contribution in [0.25, 0.3) is 0 Å². The lowest BCUT2D eigenvalue weighted by Gasteiger charge is -2.09. The number of hydrogen-bond acceptors (Lipinski definition) is 4. The Kier molecular flexibility index (Phi) is 7.94. The molecule has 2 aromatic carbocycles. The lowest BCUT2D eigenvalue weighted by molar-refractivity contribution is -0.113. The van der Waals surface area contributed by atoms with Gasteiger partial charge in [0.25, 0.3) is 0 Å². The van der Waals surface area contributed by atoms with Crippen molar-refractivity contribution in [3.8, 4) is 0 Å². The van der Waals surface area contributed by atoms with Gasteiger partial charge in [0.05, 0.1) is 22.9 Å². The van der Waals surface area contributed by atoms with E-state index >= 15 is 0 Å². The maximum atomic E-state index is 12.9. The first-order valence-corrected chi connectivity index (χ1v) is 9.51. The Morgan fingerprint density at radius 2 is 1.92 bits per heavy atom. The van der Waals surface area contributed by atoms with Crippen LogP contribution in [-0.2, 0) is 9.53 Å². The molecule has 1 amide bonds. The third-order valence-electron chi connectivity index (χ3n) is 3.38. The van der Waals surface area contributed by atoms with Gasteiger partial charge >= 0.3 is 5.97 Å². The number of ether oxygens (including phenoxy) is 1. The second-order valence-corrected chi connectivity index (χ2v) is 6.93. The highest BCUT2D eigenvalue weighted by molar-refractivity contribution is 8.00. The summed E-state index contributed by atoms with van der Waals surface area (Å²) < 4.78 is 18.0. The molecule has 1 N–H and O–H groups in total. The molecule has 0 saturated heterocycles. The Morgan fingerprint density at radius 1 is 1.19 bits per heavy atom. The largest absolute Gasteiger partial charge is 0.462 e. The molecule has 0 fully saturated rings. The Bertz CT molecular complexity index is 768. The Morgan fingerprint density at radius 3 is 2.62 bits per heavy atom. The van der Waals surface area contributed by atoms with Gasteiger partial charge in [-0.05, 0) is 48.9 Å². The van der Waals surface area contributed by atoms with E-state index in [2.05, 4.69) is 5.32 Å². The zero-order chi connectivity index (χ0) is 18.9. The molecular weight excluding hydrogens is 377 g/mol. The van der Waals surface area contributed by atoms with Gasteiger partial charge in [-0.1, -0.05) is 24.9 Å². The number of amides is 1. The van der Waals surface area contributed by atoms with E-state index in [0.717, 1.165) is 17.7 Å². The maximum Gasteiger partial charge on any atom is 0.339 e. The summed E-state index contributed by atoms with van der Waals surface area (Å²) in [6.07, 6.45) is 1.70. The van der Waals surface area contributed by atoms with Gasteiger partial charge in [-0.15, -0.1) is 11.8 Å². The van der Waals surface area contributed by atoms with Crippen LogP contribution in [0.15, 0.2) is 47.4 Å². The monoisotopic (exact) mass is 395 g/mol. The van der Waals surface area contributed by atoms with Crippen LogP contribution in [0, 0.1) is 5.82 Å². The molecule has 26 heavy (non-hydrogen) atoms. The molecule has 138 valence electrons. The first-order chi connectivity index (χ1) is 12.5. The molecule has 2 aromatic rings. The van der Waals surface area contributed by atoms with Crippen molar-refractivity contribution in [3.63, 3.8) is 0 Å². The molecule has 0 aliphatic rings. The van der Waals surface area contributed by atoms with Crippen molar-refractivity contribution in [1.82, 2.24) is 0 Å². The average molecular weight is 396 g/mol. The number of nitrogens with one attached hydrogen (secondary N) is 1. The van der Waals surface area contributed by atoms with Crippen LogP contribution in [0.2, 0.25) is 5.02 Å². The summed E-state index contributed by atoms with van der Waals surface area (Å²) in [6.45, 7) is 2.33. The van der Waals surface area contributed by atoms with Crippen LogP contribution in [0.5, 0.6) is 0 Å². The third kappa shape index (κ3) is 6.35. The van der Waals surface area contributed by atoms with Crippen LogP contribution in [-0.4, -0.2) is 24.2 Å². The molecule has 0 radical (unpaired) electrons. The van der Waals surface area contributed by atoms with Crippen LogP contribution < -0.4 is 5.32 Å². The number of anilines is 1. The minimum absolute atomic E-state index is 0.157. The van der Waals surface area contributed by atoms with Crippen molar-refractivity contribution in [1.29, 1.82) is 0 Å². The zero-order valence-corrected chi connectivity index (χ0v) is 15.8. The van der Waals surface area contributed by atoms with Crippen LogP contribution in [0.3, 0.4) is 0 Å². The van der Waals surface area contributed by atoms with Gasteiger partial charge in [0.2, 0.25) is 5.91 Å². The highest BCUT2D eigenvalue weighted by atomic mass is 35.5. The highest BCUT2D eigenvalue weighted by Crippen LogP contribution is 2.23. The first kappa shape index (κ1) is 20.3. The van der Waals surface area contributed by atoms with E-state index in [-0.39, 0.29) is 28.1 Å². The Balaban J connectivity index is 1.93. The molecule has 7 heteroatoms. The zero-order valence-electron chi connectivity index (χ0n) is 14.3. The van der Waals surface area contributed by atoms with E-state index in [1.165, 1.54) is 30.0 Å². The molecule has 0 aliphatic carbocycles. The topological polar surface area (TPSA) is 55.4 Å². The molecule has 2 rings (SSSR count). The Labute approximate surface area is 161 Å². The van der Waals surface area contributed by atoms with E-state index < -0.39 is 5.97 Å². The van der Waals surface area contributed by atoms with Crippen molar-refractivity contribution in [2.45, 2.75) is 24.7 Å². The molecule has 0 spiro atoms. The van der Waals surface area contributed by atoms with Gasteiger partial charge < -0.3 is 10.1 Å². The van der Waals surface area contributed by atoms with E-state index in [1.807, 2.05) is 6.92 Å². The van der Waals surface area contributed by atoms with Crippen molar-refractivity contribution in [2.75, 3.05) is 17.7 Å². The van der Waals surface area contributed by atoms with Gasteiger partial charge in [-0.2, -0.15) is 0 Å². The fourth-order valence-electron chi connectivity index (χ4n) is 2.02. The second kappa shape index (κ2) is 10.2. The summed E-state index contributed by atoms with van der Waals surface area (Å²) in [5.41, 5.74) is 0.674. The van der Waals surface area contributed by atoms with Crippen molar-refractivity contribution in [3.05, 3.63) is 58.9 Å². The third-order valence-corrected chi connectivity index (χ3v) is 4.73. The summed E-state index contributed by atoms with van der Waals surface area (Å²) in [6, 6.07) is 10.6. The normalized spacial score (nSPS) is 10.4. The predicted octanol–water partition coefficient (Wildman–Crippen LogP) is 5.17. The molecule has 0 bridgehead atoms. The lowest BCUT2D eigenvalue weighted by atomic mass is 10.2. The fraction of sp³-hybridized carbons (Fsp3) is 0.263. The molecule has 0 aliphatic heterocycles. The molecule has 0 aromatic heterocycles. The number of carbonyl (C=O) groups excluding carboxylic acids is 2. The summed E-state index contributed by atoms with van der Waals surface area (Å²) in [5, 5.41) is 2.98. The minimum atomic E-state index is -0.514. The van der Waals surface area contributed by atoms with E-state index in [4.69, 9.17) is 16.3 Å². The SMILES string of the molecule is CCCCOC(=O)c1cc(NC(=O)CSc2ccc(F)cc2)ccc1Cl. The van der Waals surface area contributed by atoms with Crippen LogP contribution >= 0.6 is 23.4 Å². The van der Waals surface area contributed by atoms with E-state index in [9.17, 15) is 14.0 Å². The van der Waals surface area contributed by atoms with Crippen molar-refractivity contribution < 1.29 is 18.7 Å². The number of unbranched alkanes of at least 4 members (excludes halogenated alkanes) is 1. The number of thioether (sulfide) groups is 1. The van der Waals surface area contributed by atoms with Gasteiger partial charge in [-0.25, -0.2) is 9.18 Å². The second-order valence-electron chi connectivity index (χ2n) is 5.47. The highest BCUT2D eigenvalue weighted by Gasteiger charge is 2.14. The van der Waals surface area contributed by atoms with Gasteiger partial charge in [0.15, 0.2) is 0 Å². The molecule has 0 unspecified atom stereocenters. The number of hydrogen-bond donors (Lipinski definition) is 1. The number of benzene rings is 2.